The van der Waals surface area contributed by atoms with Crippen molar-refractivity contribution in [3.05, 3.63) is 29.3 Å². The van der Waals surface area contributed by atoms with Gasteiger partial charge >= 0.3 is 0 Å². The standard InChI is InChI=1S/C16H21NO3S2/c1-21-15-3-2-14-10-17(6-4-13(14)9-15)16(18)8-12-5-7-22(19,20)11-12/h2-3,9,12H,4-8,10-11H2,1H3. The van der Waals surface area contributed by atoms with E-state index in [9.17, 15) is 13.2 Å². The summed E-state index contributed by atoms with van der Waals surface area (Å²) < 4.78 is 23.0. The maximum atomic E-state index is 12.4. The molecule has 0 aromatic heterocycles. The van der Waals surface area contributed by atoms with Gasteiger partial charge in [0.1, 0.15) is 0 Å². The molecule has 1 aromatic rings. The second-order valence-electron chi connectivity index (χ2n) is 6.17. The molecule has 2 heterocycles. The molecule has 1 amide bonds. The van der Waals surface area contributed by atoms with E-state index in [2.05, 4.69) is 24.5 Å². The predicted molar refractivity (Wildman–Crippen MR) is 88.7 cm³/mol. The van der Waals surface area contributed by atoms with Gasteiger partial charge in [-0.2, -0.15) is 0 Å². The second kappa shape index (κ2) is 6.24. The largest absolute Gasteiger partial charge is 0.338 e. The fourth-order valence-electron chi connectivity index (χ4n) is 3.28. The number of sulfone groups is 1. The third-order valence-corrected chi connectivity index (χ3v) is 7.13. The monoisotopic (exact) mass is 339 g/mol. The maximum absolute atomic E-state index is 12.4. The molecule has 4 nitrogen and oxygen atoms in total. The number of nitrogens with zero attached hydrogens (tertiary/aromatic N) is 1. The van der Waals surface area contributed by atoms with Crippen molar-refractivity contribution in [2.45, 2.75) is 30.7 Å². The second-order valence-corrected chi connectivity index (χ2v) is 9.28. The van der Waals surface area contributed by atoms with E-state index in [4.69, 9.17) is 0 Å². The first kappa shape index (κ1) is 15.9. The number of amides is 1. The summed E-state index contributed by atoms with van der Waals surface area (Å²) in [5, 5.41) is 0. The van der Waals surface area contributed by atoms with Gasteiger partial charge in [0, 0.05) is 24.4 Å². The Balaban J connectivity index is 1.63. The van der Waals surface area contributed by atoms with Crippen LogP contribution in [-0.4, -0.2) is 43.5 Å². The van der Waals surface area contributed by atoms with Gasteiger partial charge in [-0.25, -0.2) is 8.42 Å². The summed E-state index contributed by atoms with van der Waals surface area (Å²) in [5.74, 6) is 0.533. The highest BCUT2D eigenvalue weighted by Crippen LogP contribution is 2.27. The highest BCUT2D eigenvalue weighted by atomic mass is 32.2. The molecule has 120 valence electrons. The van der Waals surface area contributed by atoms with Crippen molar-refractivity contribution in [1.29, 1.82) is 0 Å². The van der Waals surface area contributed by atoms with Crippen molar-refractivity contribution in [2.75, 3.05) is 24.3 Å². The topological polar surface area (TPSA) is 54.5 Å². The van der Waals surface area contributed by atoms with Gasteiger partial charge in [-0.15, -0.1) is 11.8 Å². The molecule has 1 fully saturated rings. The van der Waals surface area contributed by atoms with Crippen LogP contribution in [0, 0.1) is 5.92 Å². The summed E-state index contributed by atoms with van der Waals surface area (Å²) in [6.45, 7) is 1.39. The molecule has 0 spiro atoms. The van der Waals surface area contributed by atoms with Gasteiger partial charge in [0.05, 0.1) is 11.5 Å². The zero-order chi connectivity index (χ0) is 15.7. The van der Waals surface area contributed by atoms with E-state index in [1.165, 1.54) is 16.0 Å². The van der Waals surface area contributed by atoms with Crippen LogP contribution in [0.15, 0.2) is 23.1 Å². The van der Waals surface area contributed by atoms with Crippen molar-refractivity contribution in [1.82, 2.24) is 4.90 Å². The zero-order valence-electron chi connectivity index (χ0n) is 12.7. The minimum Gasteiger partial charge on any atom is -0.338 e. The van der Waals surface area contributed by atoms with E-state index in [1.54, 1.807) is 11.8 Å². The maximum Gasteiger partial charge on any atom is 0.223 e. The van der Waals surface area contributed by atoms with E-state index in [-0.39, 0.29) is 23.3 Å². The SMILES string of the molecule is CSc1ccc2c(c1)CCN(C(=O)CC1CCS(=O)(=O)C1)C2. The van der Waals surface area contributed by atoms with Gasteiger partial charge in [0.2, 0.25) is 5.91 Å². The van der Waals surface area contributed by atoms with Crippen LogP contribution < -0.4 is 0 Å². The van der Waals surface area contributed by atoms with Gasteiger partial charge in [-0.3, -0.25) is 4.79 Å². The number of carbonyl (C=O) groups is 1. The smallest absolute Gasteiger partial charge is 0.223 e. The number of rotatable bonds is 3. The number of fused-ring (bicyclic) bond motifs is 1. The molecular formula is C16H21NO3S2. The molecule has 22 heavy (non-hydrogen) atoms. The lowest BCUT2D eigenvalue weighted by molar-refractivity contribution is -0.132. The van der Waals surface area contributed by atoms with Crippen LogP contribution in [0.5, 0.6) is 0 Å². The summed E-state index contributed by atoms with van der Waals surface area (Å²) in [6, 6.07) is 6.42. The molecule has 2 aliphatic rings. The molecule has 0 aliphatic carbocycles. The fraction of sp³-hybridized carbons (Fsp3) is 0.562. The van der Waals surface area contributed by atoms with E-state index in [1.807, 2.05) is 4.90 Å². The highest BCUT2D eigenvalue weighted by molar-refractivity contribution is 7.98. The molecular weight excluding hydrogens is 318 g/mol. The first-order valence-corrected chi connectivity index (χ1v) is 10.7. The number of carbonyl (C=O) groups excluding carboxylic acids is 1. The number of benzene rings is 1. The Morgan fingerprint density at radius 3 is 2.86 bits per heavy atom. The van der Waals surface area contributed by atoms with Crippen molar-refractivity contribution in [3.63, 3.8) is 0 Å². The van der Waals surface area contributed by atoms with Crippen molar-refractivity contribution in [3.8, 4) is 0 Å². The minimum absolute atomic E-state index is 0.0118. The van der Waals surface area contributed by atoms with E-state index in [0.717, 1.165) is 13.0 Å². The first-order chi connectivity index (χ1) is 10.5. The van der Waals surface area contributed by atoms with Gasteiger partial charge in [-0.05, 0) is 48.3 Å². The summed E-state index contributed by atoms with van der Waals surface area (Å²) in [5.41, 5.74) is 2.55. The molecule has 6 heteroatoms. The van der Waals surface area contributed by atoms with Crippen LogP contribution in [-0.2, 0) is 27.6 Å². The number of hydrogen-bond donors (Lipinski definition) is 0. The molecule has 1 saturated heterocycles. The third-order valence-electron chi connectivity index (χ3n) is 4.57. The van der Waals surface area contributed by atoms with Gasteiger partial charge in [0.15, 0.2) is 9.84 Å². The molecule has 0 bridgehead atoms. The lowest BCUT2D eigenvalue weighted by Crippen LogP contribution is -2.37. The van der Waals surface area contributed by atoms with Crippen molar-refractivity contribution in [2.24, 2.45) is 5.92 Å². The van der Waals surface area contributed by atoms with E-state index >= 15 is 0 Å². The Hall–Kier alpha value is -1.01. The van der Waals surface area contributed by atoms with Crippen LogP contribution in [0.3, 0.4) is 0 Å². The van der Waals surface area contributed by atoms with Crippen molar-refractivity contribution < 1.29 is 13.2 Å². The molecule has 0 saturated carbocycles. The van der Waals surface area contributed by atoms with Crippen LogP contribution in [0.4, 0.5) is 0 Å². The number of thioether (sulfide) groups is 1. The Kier molecular flexibility index (Phi) is 4.50. The molecule has 1 aromatic carbocycles. The summed E-state index contributed by atoms with van der Waals surface area (Å²) >= 11 is 1.73. The average Bonchev–Trinajstić information content (AvgIpc) is 2.84. The fourth-order valence-corrected chi connectivity index (χ4v) is 5.60. The quantitative estimate of drug-likeness (QED) is 0.792. The van der Waals surface area contributed by atoms with Crippen LogP contribution in [0.2, 0.25) is 0 Å². The molecule has 0 N–H and O–H groups in total. The summed E-state index contributed by atoms with van der Waals surface area (Å²) in [7, 11) is -2.90. The zero-order valence-corrected chi connectivity index (χ0v) is 14.4. The lowest BCUT2D eigenvalue weighted by atomic mass is 9.98. The Morgan fingerprint density at radius 2 is 2.18 bits per heavy atom. The molecule has 1 atom stereocenters. The Labute approximate surface area is 136 Å². The minimum atomic E-state index is -2.90. The van der Waals surface area contributed by atoms with Gasteiger partial charge in [0.25, 0.3) is 0 Å². The van der Waals surface area contributed by atoms with Crippen LogP contribution in [0.25, 0.3) is 0 Å². The van der Waals surface area contributed by atoms with Crippen LogP contribution >= 0.6 is 11.8 Å². The first-order valence-electron chi connectivity index (χ1n) is 7.61. The average molecular weight is 339 g/mol. The van der Waals surface area contributed by atoms with Gasteiger partial charge < -0.3 is 4.90 Å². The molecule has 1 unspecified atom stereocenters. The van der Waals surface area contributed by atoms with Crippen molar-refractivity contribution >= 4 is 27.5 Å². The highest BCUT2D eigenvalue weighted by Gasteiger charge is 2.31. The number of hydrogen-bond acceptors (Lipinski definition) is 4. The normalized spacial score (nSPS) is 23.3. The van der Waals surface area contributed by atoms with E-state index < -0.39 is 9.84 Å². The molecule has 2 aliphatic heterocycles. The molecule has 0 radical (unpaired) electrons. The Morgan fingerprint density at radius 1 is 1.36 bits per heavy atom. The van der Waals surface area contributed by atoms with Gasteiger partial charge in [-0.1, -0.05) is 6.07 Å². The van der Waals surface area contributed by atoms with Crippen LogP contribution in [0.1, 0.15) is 24.0 Å². The Bertz CT molecular complexity index is 685. The molecule has 3 rings (SSSR count). The summed E-state index contributed by atoms with van der Waals surface area (Å²) in [4.78, 5) is 15.6. The predicted octanol–water partition coefficient (Wildman–Crippen LogP) is 2.12. The lowest BCUT2D eigenvalue weighted by Gasteiger charge is -2.30. The third kappa shape index (κ3) is 3.49. The van der Waals surface area contributed by atoms with E-state index in [0.29, 0.717) is 19.4 Å². The summed E-state index contributed by atoms with van der Waals surface area (Å²) in [6.07, 6.45) is 3.96.